The fourth-order valence-corrected chi connectivity index (χ4v) is 2.08. The highest BCUT2D eigenvalue weighted by Crippen LogP contribution is 2.08. The van der Waals surface area contributed by atoms with Gasteiger partial charge in [0.1, 0.15) is 0 Å². The van der Waals surface area contributed by atoms with Crippen LogP contribution in [-0.2, 0) is 0 Å². The first-order valence-electron chi connectivity index (χ1n) is 5.56. The van der Waals surface area contributed by atoms with E-state index in [-0.39, 0.29) is 0 Å². The van der Waals surface area contributed by atoms with Crippen molar-refractivity contribution >= 4 is 16.8 Å². The fraction of sp³-hybridized carbons (Fsp3) is 0.133. The third-order valence-corrected chi connectivity index (χ3v) is 2.99. The zero-order chi connectivity index (χ0) is 11.0. The molecule has 1 aliphatic rings. The summed E-state index contributed by atoms with van der Waals surface area (Å²) in [4.78, 5) is 4.60. The summed E-state index contributed by atoms with van der Waals surface area (Å²) in [5.41, 5.74) is 1.31. The van der Waals surface area contributed by atoms with E-state index in [0.717, 1.165) is 11.8 Å². The molecule has 0 saturated carbocycles. The summed E-state index contributed by atoms with van der Waals surface area (Å²) in [5.74, 6) is 0. The Morgan fingerprint density at radius 2 is 1.94 bits per heavy atom. The van der Waals surface area contributed by atoms with Gasteiger partial charge >= 0.3 is 0 Å². The Morgan fingerprint density at radius 3 is 2.88 bits per heavy atom. The average Bonchev–Trinajstić information content (AvgIpc) is 2.52. The highest BCUT2D eigenvalue weighted by Gasteiger charge is 1.99. The van der Waals surface area contributed by atoms with Crippen molar-refractivity contribution in [2.24, 2.45) is 4.99 Å². The maximum Gasteiger partial charge on any atom is 0.0777 e. The highest BCUT2D eigenvalue weighted by molar-refractivity contribution is 5.82. The summed E-state index contributed by atoms with van der Waals surface area (Å²) in [6.45, 7) is 2.12. The molecular weight excluding hydrogens is 194 g/mol. The van der Waals surface area contributed by atoms with Crippen LogP contribution < -0.4 is 10.6 Å². The van der Waals surface area contributed by atoms with E-state index in [9.17, 15) is 0 Å². The average molecular weight is 207 g/mol. The van der Waals surface area contributed by atoms with Crippen LogP contribution in [0.15, 0.2) is 53.2 Å². The second kappa shape index (κ2) is 3.60. The molecule has 0 radical (unpaired) electrons. The molecule has 16 heavy (non-hydrogen) atoms. The van der Waals surface area contributed by atoms with Crippen LogP contribution >= 0.6 is 0 Å². The minimum Gasteiger partial charge on any atom is -0.256 e. The van der Waals surface area contributed by atoms with Gasteiger partial charge < -0.3 is 0 Å². The van der Waals surface area contributed by atoms with Crippen molar-refractivity contribution in [1.29, 1.82) is 0 Å². The second-order valence-corrected chi connectivity index (χ2v) is 4.24. The Balaban J connectivity index is 2.51. The fourth-order valence-electron chi connectivity index (χ4n) is 2.08. The van der Waals surface area contributed by atoms with Gasteiger partial charge in [-0.25, -0.2) is 0 Å². The lowest BCUT2D eigenvalue weighted by Crippen LogP contribution is -2.24. The van der Waals surface area contributed by atoms with E-state index in [1.54, 1.807) is 0 Å². The number of hydrogen-bond donors (Lipinski definition) is 0. The van der Waals surface area contributed by atoms with Gasteiger partial charge in [-0.1, -0.05) is 48.0 Å². The van der Waals surface area contributed by atoms with E-state index in [1.165, 1.54) is 21.6 Å². The van der Waals surface area contributed by atoms with Crippen molar-refractivity contribution in [1.82, 2.24) is 0 Å². The Kier molecular flexibility index (Phi) is 2.10. The van der Waals surface area contributed by atoms with Crippen molar-refractivity contribution in [2.75, 3.05) is 0 Å². The molecule has 2 aromatic rings. The van der Waals surface area contributed by atoms with Crippen LogP contribution in [0.4, 0.5) is 0 Å². The first-order valence-corrected chi connectivity index (χ1v) is 5.56. The molecule has 3 rings (SSSR count). The molecule has 0 N–H and O–H groups in total. The minimum atomic E-state index is 0.995. The third-order valence-electron chi connectivity index (χ3n) is 2.99. The maximum absolute atomic E-state index is 4.60. The molecule has 0 amide bonds. The summed E-state index contributed by atoms with van der Waals surface area (Å²) < 4.78 is 0. The molecule has 2 aromatic carbocycles. The summed E-state index contributed by atoms with van der Waals surface area (Å²) in [5, 5.41) is 4.84. The van der Waals surface area contributed by atoms with Crippen LogP contribution in [0.5, 0.6) is 0 Å². The van der Waals surface area contributed by atoms with Gasteiger partial charge in [0, 0.05) is 11.6 Å². The molecule has 1 heteroatoms. The van der Waals surface area contributed by atoms with Crippen LogP contribution in [-0.4, -0.2) is 0 Å². The summed E-state index contributed by atoms with van der Waals surface area (Å²) in [7, 11) is 0. The van der Waals surface area contributed by atoms with Crippen molar-refractivity contribution in [3.05, 3.63) is 58.7 Å². The summed E-state index contributed by atoms with van der Waals surface area (Å²) in [6, 6.07) is 12.7. The molecule has 0 spiro atoms. The number of rotatable bonds is 0. The van der Waals surface area contributed by atoms with Gasteiger partial charge in [0.2, 0.25) is 0 Å². The van der Waals surface area contributed by atoms with Gasteiger partial charge in [-0.05, 0) is 23.9 Å². The molecule has 1 nitrogen and oxygen atoms in total. The maximum atomic E-state index is 4.60. The largest absolute Gasteiger partial charge is 0.256 e. The van der Waals surface area contributed by atoms with Crippen molar-refractivity contribution in [2.45, 2.75) is 13.3 Å². The summed E-state index contributed by atoms with van der Waals surface area (Å²) in [6.07, 6.45) is 5.23. The van der Waals surface area contributed by atoms with Gasteiger partial charge in [0.05, 0.1) is 5.36 Å². The molecule has 0 atom stereocenters. The highest BCUT2D eigenvalue weighted by atomic mass is 14.7. The molecule has 1 heterocycles. The Labute approximate surface area is 94.4 Å². The van der Waals surface area contributed by atoms with E-state index in [2.05, 4.69) is 54.4 Å². The lowest BCUT2D eigenvalue weighted by atomic mass is 10.1. The standard InChI is InChI=1S/C15H13N/c1-11-6-7-13-9-8-12-4-2-3-5-14(12)15(13)16-10-11/h2-5,7-10H,6H2,1H3. The monoisotopic (exact) mass is 207 g/mol. The molecule has 0 bridgehead atoms. The smallest absolute Gasteiger partial charge is 0.0777 e. The zero-order valence-corrected chi connectivity index (χ0v) is 9.27. The molecule has 0 saturated heterocycles. The molecule has 0 fully saturated rings. The van der Waals surface area contributed by atoms with E-state index >= 15 is 0 Å². The van der Waals surface area contributed by atoms with Crippen LogP contribution in [0.1, 0.15) is 13.3 Å². The van der Waals surface area contributed by atoms with Crippen LogP contribution in [0.25, 0.3) is 16.8 Å². The third kappa shape index (κ3) is 1.45. The van der Waals surface area contributed by atoms with E-state index < -0.39 is 0 Å². The van der Waals surface area contributed by atoms with Crippen LogP contribution in [0.2, 0.25) is 0 Å². The van der Waals surface area contributed by atoms with E-state index in [1.807, 2.05) is 6.20 Å². The minimum absolute atomic E-state index is 0.995. The van der Waals surface area contributed by atoms with E-state index in [0.29, 0.717) is 0 Å². The lowest BCUT2D eigenvalue weighted by Gasteiger charge is -1.97. The van der Waals surface area contributed by atoms with Gasteiger partial charge in [-0.2, -0.15) is 0 Å². The van der Waals surface area contributed by atoms with Crippen molar-refractivity contribution in [3.63, 3.8) is 0 Å². The molecule has 78 valence electrons. The lowest BCUT2D eigenvalue weighted by molar-refractivity contribution is 1.23. The Morgan fingerprint density at radius 1 is 1.06 bits per heavy atom. The number of allylic oxidation sites excluding steroid dienone is 1. The Bertz CT molecular complexity index is 693. The first-order chi connectivity index (χ1) is 7.84. The molecular formula is C15H13N. The quantitative estimate of drug-likeness (QED) is 0.629. The van der Waals surface area contributed by atoms with Gasteiger partial charge in [0.25, 0.3) is 0 Å². The molecule has 1 aliphatic heterocycles. The van der Waals surface area contributed by atoms with Gasteiger partial charge in [0.15, 0.2) is 0 Å². The normalized spacial score (nSPS) is 14.4. The predicted octanol–water partition coefficient (Wildman–Crippen LogP) is 2.55. The number of benzene rings is 2. The molecule has 0 aromatic heterocycles. The second-order valence-electron chi connectivity index (χ2n) is 4.24. The van der Waals surface area contributed by atoms with Crippen LogP contribution in [0.3, 0.4) is 0 Å². The topological polar surface area (TPSA) is 12.4 Å². The van der Waals surface area contributed by atoms with Crippen LogP contribution in [0, 0.1) is 0 Å². The number of nitrogens with zero attached hydrogens (tertiary/aromatic N) is 1. The predicted molar refractivity (Wildman–Crippen MR) is 67.6 cm³/mol. The van der Waals surface area contributed by atoms with Crippen molar-refractivity contribution in [3.8, 4) is 0 Å². The van der Waals surface area contributed by atoms with Gasteiger partial charge in [-0.15, -0.1) is 0 Å². The Hall–Kier alpha value is -1.89. The summed E-state index contributed by atoms with van der Waals surface area (Å²) >= 11 is 0. The SMILES string of the molecule is CC1=CN=c2c(ccc3ccccc23)=CC1. The zero-order valence-electron chi connectivity index (χ0n) is 9.27. The first kappa shape index (κ1) is 9.34. The number of hydrogen-bond acceptors (Lipinski definition) is 1. The van der Waals surface area contributed by atoms with Crippen molar-refractivity contribution < 1.29 is 0 Å². The number of fused-ring (bicyclic) bond motifs is 3. The molecule has 0 unspecified atom stereocenters. The van der Waals surface area contributed by atoms with Gasteiger partial charge in [-0.3, -0.25) is 4.99 Å². The van der Waals surface area contributed by atoms with E-state index in [4.69, 9.17) is 0 Å². The molecule has 0 aliphatic carbocycles.